The number of rotatable bonds is 5. The Hall–Kier alpha value is -2.94. The van der Waals surface area contributed by atoms with E-state index < -0.39 is 4.92 Å². The van der Waals surface area contributed by atoms with Crippen LogP contribution in [-0.2, 0) is 0 Å². The Kier molecular flexibility index (Phi) is 4.14. The molecule has 0 amide bonds. The summed E-state index contributed by atoms with van der Waals surface area (Å²) in [7, 11) is 1.36. The van der Waals surface area contributed by atoms with Crippen molar-refractivity contribution in [2.45, 2.75) is 6.92 Å². The molecule has 0 bridgehead atoms. The summed E-state index contributed by atoms with van der Waals surface area (Å²) in [5, 5.41) is 11.0. The van der Waals surface area contributed by atoms with Gasteiger partial charge in [-0.15, -0.1) is 0 Å². The Balaban J connectivity index is 2.33. The van der Waals surface area contributed by atoms with Gasteiger partial charge in [-0.1, -0.05) is 0 Å². The average Bonchev–Trinajstić information content (AvgIpc) is 2.46. The van der Waals surface area contributed by atoms with E-state index in [1.54, 1.807) is 13.0 Å². The first kappa shape index (κ1) is 14.5. The fraction of sp³-hybridized carbons (Fsp3) is 0.167. The number of aromatic nitrogens is 2. The van der Waals surface area contributed by atoms with E-state index in [0.717, 1.165) is 0 Å². The van der Waals surface area contributed by atoms with Gasteiger partial charge in [0.1, 0.15) is 17.4 Å². The van der Waals surface area contributed by atoms with Crippen molar-refractivity contribution in [2.75, 3.05) is 12.5 Å². The SMILES string of the molecule is COc1ccc(Oc2cc(NN)nc(C)n2)cc1[N+](=O)[O-]. The van der Waals surface area contributed by atoms with Crippen molar-refractivity contribution >= 4 is 11.5 Å². The van der Waals surface area contributed by atoms with Crippen molar-refractivity contribution < 1.29 is 14.4 Å². The monoisotopic (exact) mass is 291 g/mol. The summed E-state index contributed by atoms with van der Waals surface area (Å²) in [5.41, 5.74) is 2.19. The third kappa shape index (κ3) is 3.34. The van der Waals surface area contributed by atoms with Crippen molar-refractivity contribution in [1.29, 1.82) is 0 Å². The van der Waals surface area contributed by atoms with E-state index in [0.29, 0.717) is 11.6 Å². The van der Waals surface area contributed by atoms with Gasteiger partial charge in [0, 0.05) is 6.07 Å². The molecule has 0 saturated carbocycles. The quantitative estimate of drug-likeness (QED) is 0.485. The Morgan fingerprint density at radius 2 is 2.10 bits per heavy atom. The van der Waals surface area contributed by atoms with Gasteiger partial charge in [0.25, 0.3) is 0 Å². The number of aryl methyl sites for hydroxylation is 1. The van der Waals surface area contributed by atoms with E-state index >= 15 is 0 Å². The maximum atomic E-state index is 11.0. The molecule has 9 heteroatoms. The lowest BCUT2D eigenvalue weighted by Gasteiger charge is -2.08. The molecule has 0 atom stereocenters. The van der Waals surface area contributed by atoms with E-state index in [9.17, 15) is 10.1 Å². The number of methoxy groups -OCH3 is 1. The molecule has 1 aromatic carbocycles. The number of hydrogen-bond acceptors (Lipinski definition) is 8. The second-order valence-corrected chi connectivity index (χ2v) is 3.98. The van der Waals surface area contributed by atoms with Crippen molar-refractivity contribution in [3.05, 3.63) is 40.2 Å². The summed E-state index contributed by atoms with van der Waals surface area (Å²) in [5.74, 6) is 6.72. The van der Waals surface area contributed by atoms with Crippen molar-refractivity contribution in [1.82, 2.24) is 9.97 Å². The summed E-state index contributed by atoms with van der Waals surface area (Å²) in [6.07, 6.45) is 0. The minimum Gasteiger partial charge on any atom is -0.490 e. The first-order valence-electron chi connectivity index (χ1n) is 5.86. The first-order chi connectivity index (χ1) is 10.0. The number of nitrogens with one attached hydrogen (secondary N) is 1. The topological polar surface area (TPSA) is 125 Å². The summed E-state index contributed by atoms with van der Waals surface area (Å²) >= 11 is 0. The lowest BCUT2D eigenvalue weighted by molar-refractivity contribution is -0.385. The molecule has 0 fully saturated rings. The maximum absolute atomic E-state index is 11.0. The van der Waals surface area contributed by atoms with Gasteiger partial charge >= 0.3 is 5.69 Å². The Morgan fingerprint density at radius 3 is 2.71 bits per heavy atom. The fourth-order valence-electron chi connectivity index (χ4n) is 1.66. The van der Waals surface area contributed by atoms with Crippen molar-refractivity contribution in [3.63, 3.8) is 0 Å². The number of nitro groups is 1. The molecular weight excluding hydrogens is 278 g/mol. The second-order valence-electron chi connectivity index (χ2n) is 3.98. The molecule has 0 aliphatic rings. The van der Waals surface area contributed by atoms with Crippen LogP contribution in [0.4, 0.5) is 11.5 Å². The van der Waals surface area contributed by atoms with Gasteiger partial charge < -0.3 is 14.9 Å². The van der Waals surface area contributed by atoms with Crippen LogP contribution >= 0.6 is 0 Å². The van der Waals surface area contributed by atoms with Gasteiger partial charge in [0.05, 0.1) is 18.1 Å². The van der Waals surface area contributed by atoms with E-state index in [1.165, 1.54) is 25.3 Å². The number of nitro benzene ring substituents is 1. The van der Waals surface area contributed by atoms with E-state index in [1.807, 2.05) is 0 Å². The zero-order chi connectivity index (χ0) is 15.4. The molecule has 0 unspecified atom stereocenters. The van der Waals surface area contributed by atoms with Crippen LogP contribution in [0.5, 0.6) is 17.4 Å². The highest BCUT2D eigenvalue weighted by atomic mass is 16.6. The van der Waals surface area contributed by atoms with Crippen LogP contribution in [0.2, 0.25) is 0 Å². The van der Waals surface area contributed by atoms with Crippen molar-refractivity contribution in [3.8, 4) is 17.4 Å². The number of hydrogen-bond donors (Lipinski definition) is 2. The van der Waals surface area contributed by atoms with Gasteiger partial charge in [-0.3, -0.25) is 10.1 Å². The largest absolute Gasteiger partial charge is 0.490 e. The number of benzene rings is 1. The van der Waals surface area contributed by atoms with Gasteiger partial charge in [-0.25, -0.2) is 10.8 Å². The van der Waals surface area contributed by atoms with Gasteiger partial charge in [-0.05, 0) is 19.1 Å². The van der Waals surface area contributed by atoms with Gasteiger partial charge in [0.15, 0.2) is 5.75 Å². The highest BCUT2D eigenvalue weighted by molar-refractivity contribution is 5.51. The molecule has 2 rings (SSSR count). The summed E-state index contributed by atoms with van der Waals surface area (Å²) in [6.45, 7) is 1.67. The molecule has 9 nitrogen and oxygen atoms in total. The standard InChI is InChI=1S/C12H13N5O4/c1-7-14-11(16-13)6-12(15-7)21-8-3-4-10(20-2)9(5-8)17(18)19/h3-6H,13H2,1-2H3,(H,14,15,16). The smallest absolute Gasteiger partial charge is 0.314 e. The molecule has 0 aliphatic heterocycles. The predicted molar refractivity (Wildman–Crippen MR) is 74.3 cm³/mol. The minimum absolute atomic E-state index is 0.149. The summed E-state index contributed by atoms with van der Waals surface area (Å²) < 4.78 is 10.4. The zero-order valence-corrected chi connectivity index (χ0v) is 11.4. The van der Waals surface area contributed by atoms with Gasteiger partial charge in [-0.2, -0.15) is 4.98 Å². The molecular formula is C12H13N5O4. The lowest BCUT2D eigenvalue weighted by atomic mass is 10.3. The molecule has 3 N–H and O–H groups in total. The van der Waals surface area contributed by atoms with E-state index in [2.05, 4.69) is 15.4 Å². The molecule has 1 aromatic heterocycles. The maximum Gasteiger partial charge on any atom is 0.314 e. The number of hydrazine groups is 1. The second kappa shape index (κ2) is 6.01. The van der Waals surface area contributed by atoms with Crippen molar-refractivity contribution in [2.24, 2.45) is 5.84 Å². The minimum atomic E-state index is -0.552. The van der Waals surface area contributed by atoms with Crippen LogP contribution in [0.25, 0.3) is 0 Å². The molecule has 0 radical (unpaired) electrons. The van der Waals surface area contributed by atoms with Crippen LogP contribution in [0.1, 0.15) is 5.82 Å². The number of nitrogens with two attached hydrogens (primary N) is 1. The van der Waals surface area contributed by atoms with Crippen LogP contribution in [0, 0.1) is 17.0 Å². The molecule has 0 spiro atoms. The van der Waals surface area contributed by atoms with Crippen LogP contribution < -0.4 is 20.7 Å². The lowest BCUT2D eigenvalue weighted by Crippen LogP contribution is -2.09. The molecule has 0 aliphatic carbocycles. The normalized spacial score (nSPS) is 10.0. The average molecular weight is 291 g/mol. The molecule has 110 valence electrons. The Bertz CT molecular complexity index is 677. The third-order valence-corrected chi connectivity index (χ3v) is 2.53. The van der Waals surface area contributed by atoms with Crippen LogP contribution in [0.3, 0.4) is 0 Å². The van der Waals surface area contributed by atoms with E-state index in [4.69, 9.17) is 15.3 Å². The Labute approximate surface area is 119 Å². The summed E-state index contributed by atoms with van der Waals surface area (Å²) in [4.78, 5) is 18.5. The third-order valence-electron chi connectivity index (χ3n) is 2.53. The molecule has 0 saturated heterocycles. The molecule has 21 heavy (non-hydrogen) atoms. The van der Waals surface area contributed by atoms with E-state index in [-0.39, 0.29) is 23.1 Å². The number of nitrogen functional groups attached to an aromatic ring is 1. The fourth-order valence-corrected chi connectivity index (χ4v) is 1.66. The first-order valence-corrected chi connectivity index (χ1v) is 5.86. The Morgan fingerprint density at radius 1 is 1.33 bits per heavy atom. The van der Waals surface area contributed by atoms with Crippen LogP contribution in [0.15, 0.2) is 24.3 Å². The highest BCUT2D eigenvalue weighted by Gasteiger charge is 2.16. The molecule has 2 aromatic rings. The zero-order valence-electron chi connectivity index (χ0n) is 11.4. The van der Waals surface area contributed by atoms with Gasteiger partial charge in [0.2, 0.25) is 5.88 Å². The summed E-state index contributed by atoms with van der Waals surface area (Å²) in [6, 6.07) is 5.72. The van der Waals surface area contributed by atoms with Crippen LogP contribution in [-0.4, -0.2) is 22.0 Å². The number of ether oxygens (including phenoxy) is 2. The number of anilines is 1. The number of nitrogens with zero attached hydrogens (tertiary/aromatic N) is 3. The molecule has 1 heterocycles. The highest BCUT2D eigenvalue weighted by Crippen LogP contribution is 2.32. The predicted octanol–water partition coefficient (Wildman–Crippen LogP) is 1.78.